The van der Waals surface area contributed by atoms with E-state index in [2.05, 4.69) is 31.0 Å². The first-order valence-electron chi connectivity index (χ1n) is 11.0. The number of pyridine rings is 1. The predicted molar refractivity (Wildman–Crippen MR) is 122 cm³/mol. The van der Waals surface area contributed by atoms with Gasteiger partial charge in [0.05, 0.1) is 17.3 Å². The lowest BCUT2D eigenvalue weighted by molar-refractivity contribution is 0.0703. The average Bonchev–Trinajstić information content (AvgIpc) is 3.21. The summed E-state index contributed by atoms with van der Waals surface area (Å²) in [5.41, 5.74) is 3.73. The minimum atomic E-state index is 0.109. The van der Waals surface area contributed by atoms with E-state index >= 15 is 0 Å². The van der Waals surface area contributed by atoms with Crippen LogP contribution in [0.15, 0.2) is 51.7 Å². The van der Waals surface area contributed by atoms with Crippen molar-refractivity contribution in [1.29, 1.82) is 0 Å². The zero-order chi connectivity index (χ0) is 20.9. The van der Waals surface area contributed by atoms with Crippen LogP contribution in [0, 0.1) is 11.8 Å². The highest BCUT2D eigenvalue weighted by molar-refractivity contribution is 9.10. The molecule has 4 heterocycles. The van der Waals surface area contributed by atoms with Crippen molar-refractivity contribution < 1.29 is 9.32 Å². The average molecular weight is 479 g/mol. The molecule has 6 rings (SSSR count). The van der Waals surface area contributed by atoms with Gasteiger partial charge in [-0.05, 0) is 83.8 Å². The molecule has 6 nitrogen and oxygen atoms in total. The van der Waals surface area contributed by atoms with Crippen LogP contribution in [0.1, 0.15) is 42.5 Å². The van der Waals surface area contributed by atoms with Crippen molar-refractivity contribution in [1.82, 2.24) is 19.4 Å². The van der Waals surface area contributed by atoms with Gasteiger partial charge < -0.3 is 9.42 Å². The van der Waals surface area contributed by atoms with E-state index in [1.807, 2.05) is 40.9 Å². The second kappa shape index (κ2) is 7.48. The van der Waals surface area contributed by atoms with E-state index in [0.29, 0.717) is 23.0 Å². The van der Waals surface area contributed by atoms with Crippen LogP contribution < -0.4 is 0 Å². The van der Waals surface area contributed by atoms with Crippen LogP contribution in [0.2, 0.25) is 0 Å². The second-order valence-corrected chi connectivity index (χ2v) is 9.83. The second-order valence-electron chi connectivity index (χ2n) is 8.91. The van der Waals surface area contributed by atoms with Gasteiger partial charge in [-0.1, -0.05) is 11.6 Å². The molecule has 0 spiro atoms. The van der Waals surface area contributed by atoms with Crippen molar-refractivity contribution in [3.63, 3.8) is 0 Å². The lowest BCUT2D eigenvalue weighted by Crippen LogP contribution is -2.37. The molecule has 2 aliphatic rings. The quantitative estimate of drug-likeness (QED) is 0.378. The van der Waals surface area contributed by atoms with Crippen molar-refractivity contribution in [2.75, 3.05) is 13.1 Å². The Morgan fingerprint density at radius 3 is 2.68 bits per heavy atom. The standard InChI is InChI=1S/C24H23BrN4O2/c25-18-7-9-22-26-11-20(29(22)14-18)23-19-8-6-17(10-21(19)31-27-23)24(30)28-12-15-2-1-3-16(13-28)5-4-15/h6-11,14-16H,1-5,12-13H2. The number of hydrogen-bond donors (Lipinski definition) is 0. The largest absolute Gasteiger partial charge is 0.356 e. The summed E-state index contributed by atoms with van der Waals surface area (Å²) in [5, 5.41) is 5.20. The molecule has 0 N–H and O–H groups in total. The molecule has 1 aromatic carbocycles. The fourth-order valence-corrected chi connectivity index (χ4v) is 5.59. The smallest absolute Gasteiger partial charge is 0.254 e. The SMILES string of the molecule is O=C(c1ccc2c(-c3cnc4ccc(Br)cn34)noc2c1)N1CC2CCCC(CC2)C1. The summed E-state index contributed by atoms with van der Waals surface area (Å²) >= 11 is 3.52. The van der Waals surface area contributed by atoms with Gasteiger partial charge in [0.25, 0.3) is 5.91 Å². The topological polar surface area (TPSA) is 63.6 Å². The van der Waals surface area contributed by atoms with Gasteiger partial charge in [-0.25, -0.2) is 4.98 Å². The van der Waals surface area contributed by atoms with Gasteiger partial charge in [0.2, 0.25) is 0 Å². The first-order valence-corrected chi connectivity index (χ1v) is 11.8. The number of hydrogen-bond acceptors (Lipinski definition) is 4. The summed E-state index contributed by atoms with van der Waals surface area (Å²) in [6.07, 6.45) is 10.1. The maximum Gasteiger partial charge on any atom is 0.254 e. The van der Waals surface area contributed by atoms with Crippen molar-refractivity contribution in [2.45, 2.75) is 32.1 Å². The van der Waals surface area contributed by atoms with Gasteiger partial charge in [-0.2, -0.15) is 0 Å². The number of aromatic nitrogens is 3. The first-order chi connectivity index (χ1) is 15.2. The van der Waals surface area contributed by atoms with E-state index in [0.717, 1.165) is 40.0 Å². The molecule has 7 heteroatoms. The Morgan fingerprint density at radius 2 is 1.87 bits per heavy atom. The molecule has 0 radical (unpaired) electrons. The maximum absolute atomic E-state index is 13.3. The van der Waals surface area contributed by atoms with Crippen LogP contribution in [0.25, 0.3) is 28.0 Å². The van der Waals surface area contributed by atoms with Gasteiger partial charge in [0, 0.05) is 29.3 Å². The predicted octanol–water partition coefficient (Wildman–Crippen LogP) is 5.56. The van der Waals surface area contributed by atoms with E-state index in [9.17, 15) is 4.79 Å². The van der Waals surface area contributed by atoms with Gasteiger partial charge in [-0.15, -0.1) is 0 Å². The fraction of sp³-hybridized carbons (Fsp3) is 0.375. The van der Waals surface area contributed by atoms with Crippen LogP contribution >= 0.6 is 15.9 Å². The Morgan fingerprint density at radius 1 is 1.06 bits per heavy atom. The molecule has 2 fully saturated rings. The summed E-state index contributed by atoms with van der Waals surface area (Å²) in [7, 11) is 0. The van der Waals surface area contributed by atoms with E-state index in [4.69, 9.17) is 4.52 Å². The molecule has 2 unspecified atom stereocenters. The third-order valence-electron chi connectivity index (χ3n) is 6.88. The molecule has 31 heavy (non-hydrogen) atoms. The molecule has 1 amide bonds. The highest BCUT2D eigenvalue weighted by Crippen LogP contribution is 2.34. The summed E-state index contributed by atoms with van der Waals surface area (Å²) in [6.45, 7) is 1.76. The van der Waals surface area contributed by atoms with E-state index in [1.54, 1.807) is 6.20 Å². The molecule has 1 saturated carbocycles. The van der Waals surface area contributed by atoms with Crippen LogP contribution in [0.3, 0.4) is 0 Å². The first kappa shape index (κ1) is 19.0. The number of likely N-dealkylation sites (tertiary alicyclic amines) is 1. The Hall–Kier alpha value is -2.67. The number of imidazole rings is 1. The molecular formula is C24H23BrN4O2. The summed E-state index contributed by atoms with van der Waals surface area (Å²) in [4.78, 5) is 19.9. The minimum absolute atomic E-state index is 0.109. The van der Waals surface area contributed by atoms with E-state index in [1.165, 1.54) is 32.1 Å². The minimum Gasteiger partial charge on any atom is -0.356 e. The number of carbonyl (C=O) groups excluding carboxylic acids is 1. The van der Waals surface area contributed by atoms with Crippen molar-refractivity contribution in [2.24, 2.45) is 11.8 Å². The molecule has 3 aromatic heterocycles. The van der Waals surface area contributed by atoms with Crippen LogP contribution in [0.5, 0.6) is 0 Å². The lowest BCUT2D eigenvalue weighted by Gasteiger charge is -2.29. The number of nitrogens with zero attached hydrogens (tertiary/aromatic N) is 4. The normalized spacial score (nSPS) is 21.5. The van der Waals surface area contributed by atoms with Gasteiger partial charge in [0.1, 0.15) is 11.3 Å². The molecule has 1 saturated heterocycles. The molecule has 1 aliphatic heterocycles. The Bertz CT molecular complexity index is 1280. The highest BCUT2D eigenvalue weighted by Gasteiger charge is 2.30. The van der Waals surface area contributed by atoms with Gasteiger partial charge in [-0.3, -0.25) is 9.20 Å². The third-order valence-corrected chi connectivity index (χ3v) is 7.35. The molecule has 158 valence electrons. The number of amides is 1. The van der Waals surface area contributed by atoms with Crippen LogP contribution in [0.4, 0.5) is 0 Å². The van der Waals surface area contributed by atoms with Crippen LogP contribution in [-0.2, 0) is 0 Å². The fourth-order valence-electron chi connectivity index (χ4n) is 5.25. The molecule has 1 aliphatic carbocycles. The number of fused-ring (bicyclic) bond motifs is 5. The lowest BCUT2D eigenvalue weighted by atomic mass is 9.99. The van der Waals surface area contributed by atoms with Crippen molar-refractivity contribution in [3.05, 3.63) is 52.8 Å². The number of benzene rings is 1. The Balaban J connectivity index is 1.34. The molecule has 2 bridgehead atoms. The zero-order valence-electron chi connectivity index (χ0n) is 17.1. The zero-order valence-corrected chi connectivity index (χ0v) is 18.7. The summed E-state index contributed by atoms with van der Waals surface area (Å²) in [5.74, 6) is 1.40. The van der Waals surface area contributed by atoms with Gasteiger partial charge >= 0.3 is 0 Å². The molecular weight excluding hydrogens is 456 g/mol. The van der Waals surface area contributed by atoms with Crippen molar-refractivity contribution in [3.8, 4) is 11.4 Å². The highest BCUT2D eigenvalue weighted by atomic mass is 79.9. The van der Waals surface area contributed by atoms with E-state index < -0.39 is 0 Å². The number of rotatable bonds is 2. The summed E-state index contributed by atoms with van der Waals surface area (Å²) < 4.78 is 8.60. The van der Waals surface area contributed by atoms with Gasteiger partial charge in [0.15, 0.2) is 5.58 Å². The summed E-state index contributed by atoms with van der Waals surface area (Å²) in [6, 6.07) is 9.61. The Kier molecular flexibility index (Phi) is 4.60. The van der Waals surface area contributed by atoms with Crippen molar-refractivity contribution >= 4 is 38.5 Å². The Labute approximate surface area is 188 Å². The van der Waals surface area contributed by atoms with E-state index in [-0.39, 0.29) is 5.91 Å². The number of halogens is 1. The van der Waals surface area contributed by atoms with Crippen LogP contribution in [-0.4, -0.2) is 38.4 Å². The monoisotopic (exact) mass is 478 g/mol. The molecule has 4 aromatic rings. The number of carbonyl (C=O) groups is 1. The maximum atomic E-state index is 13.3. The molecule has 2 atom stereocenters. The third kappa shape index (κ3) is 3.35.